The highest BCUT2D eigenvalue weighted by atomic mass is 15.5. The van der Waals surface area contributed by atoms with Crippen molar-refractivity contribution in [1.82, 2.24) is 10.4 Å². The number of hydrogen-bond donors (Lipinski definition) is 1. The molecule has 1 N–H and O–H groups in total. The first kappa shape index (κ1) is 7.19. The first-order valence-electron chi connectivity index (χ1n) is 3.79. The molecular weight excluding hydrogens is 124 g/mol. The summed E-state index contributed by atoms with van der Waals surface area (Å²) < 4.78 is 0. The normalized spacial score (nSPS) is 15.5. The molecule has 0 aromatic rings. The minimum atomic E-state index is 1.09. The highest BCUT2D eigenvalue weighted by Gasteiger charge is 1.94. The standard InChI is InChI=1S/C8H14N2/c1-2-3-7-10-8-5-4-6-9-10/h4-6,8-9H,2-3,7H2,1H3. The number of rotatable bonds is 3. The van der Waals surface area contributed by atoms with Gasteiger partial charge in [-0.2, -0.15) is 0 Å². The van der Waals surface area contributed by atoms with Gasteiger partial charge in [0.05, 0.1) is 0 Å². The Kier molecular flexibility index (Phi) is 2.87. The molecule has 0 unspecified atom stereocenters. The molecule has 2 nitrogen and oxygen atoms in total. The smallest absolute Gasteiger partial charge is 0.0386 e. The summed E-state index contributed by atoms with van der Waals surface area (Å²) in [5.74, 6) is 0. The Balaban J connectivity index is 2.17. The van der Waals surface area contributed by atoms with E-state index in [4.69, 9.17) is 0 Å². The summed E-state index contributed by atoms with van der Waals surface area (Å²) in [4.78, 5) is 0. The molecule has 0 amide bonds. The second kappa shape index (κ2) is 3.99. The molecular formula is C8H14N2. The van der Waals surface area contributed by atoms with E-state index in [0.29, 0.717) is 0 Å². The fourth-order valence-corrected chi connectivity index (χ4v) is 0.858. The van der Waals surface area contributed by atoms with Crippen molar-refractivity contribution in [3.8, 4) is 0 Å². The fourth-order valence-electron chi connectivity index (χ4n) is 0.858. The van der Waals surface area contributed by atoms with E-state index in [9.17, 15) is 0 Å². The molecule has 1 aliphatic rings. The number of allylic oxidation sites excluding steroid dienone is 2. The maximum Gasteiger partial charge on any atom is 0.0386 e. The minimum absolute atomic E-state index is 1.09. The summed E-state index contributed by atoms with van der Waals surface area (Å²) in [6.07, 6.45) is 10.5. The van der Waals surface area contributed by atoms with Gasteiger partial charge in [0, 0.05) is 18.9 Å². The summed E-state index contributed by atoms with van der Waals surface area (Å²) in [5.41, 5.74) is 3.12. The predicted octanol–water partition coefficient (Wildman–Crippen LogP) is 1.63. The number of hydrogen-bond acceptors (Lipinski definition) is 2. The summed E-state index contributed by atoms with van der Waals surface area (Å²) in [6.45, 7) is 3.29. The largest absolute Gasteiger partial charge is 0.306 e. The van der Waals surface area contributed by atoms with E-state index in [1.54, 1.807) is 0 Å². The lowest BCUT2D eigenvalue weighted by Crippen LogP contribution is -2.31. The Bertz CT molecular complexity index is 138. The average molecular weight is 138 g/mol. The third-order valence-electron chi connectivity index (χ3n) is 1.47. The van der Waals surface area contributed by atoms with Gasteiger partial charge in [-0.05, 0) is 18.6 Å². The molecule has 0 aromatic heterocycles. The van der Waals surface area contributed by atoms with E-state index in [2.05, 4.69) is 23.6 Å². The minimum Gasteiger partial charge on any atom is -0.306 e. The van der Waals surface area contributed by atoms with Gasteiger partial charge >= 0.3 is 0 Å². The molecule has 2 heteroatoms. The first-order chi connectivity index (χ1) is 4.93. The lowest BCUT2D eigenvalue weighted by atomic mass is 10.3. The van der Waals surface area contributed by atoms with Crippen LogP contribution in [0.3, 0.4) is 0 Å². The molecule has 1 rings (SSSR count). The Morgan fingerprint density at radius 2 is 2.30 bits per heavy atom. The van der Waals surface area contributed by atoms with Crippen LogP contribution in [0.2, 0.25) is 0 Å². The van der Waals surface area contributed by atoms with Gasteiger partial charge in [0.15, 0.2) is 0 Å². The van der Waals surface area contributed by atoms with Crippen LogP contribution in [0, 0.1) is 0 Å². The van der Waals surface area contributed by atoms with Gasteiger partial charge < -0.3 is 5.43 Å². The van der Waals surface area contributed by atoms with E-state index in [1.807, 2.05) is 18.4 Å². The summed E-state index contributed by atoms with van der Waals surface area (Å²) in [7, 11) is 0. The molecule has 0 radical (unpaired) electrons. The van der Waals surface area contributed by atoms with Crippen molar-refractivity contribution in [2.24, 2.45) is 0 Å². The molecule has 0 atom stereocenters. The number of nitrogens with one attached hydrogen (secondary N) is 1. The Labute approximate surface area is 62.2 Å². The molecule has 0 fully saturated rings. The second-order valence-corrected chi connectivity index (χ2v) is 2.38. The van der Waals surface area contributed by atoms with Crippen LogP contribution in [-0.2, 0) is 0 Å². The van der Waals surface area contributed by atoms with Gasteiger partial charge in [0.25, 0.3) is 0 Å². The van der Waals surface area contributed by atoms with Gasteiger partial charge in [-0.3, -0.25) is 5.01 Å². The number of hydrazine groups is 1. The lowest BCUT2D eigenvalue weighted by Gasteiger charge is -2.21. The summed E-state index contributed by atoms with van der Waals surface area (Å²) in [5, 5.41) is 2.09. The van der Waals surface area contributed by atoms with Gasteiger partial charge in [-0.1, -0.05) is 13.3 Å². The molecule has 0 aliphatic carbocycles. The van der Waals surface area contributed by atoms with Crippen LogP contribution in [0.5, 0.6) is 0 Å². The van der Waals surface area contributed by atoms with Crippen molar-refractivity contribution in [2.75, 3.05) is 6.54 Å². The molecule has 0 saturated carbocycles. The van der Waals surface area contributed by atoms with Crippen LogP contribution in [-0.4, -0.2) is 11.6 Å². The average Bonchev–Trinajstić information content (AvgIpc) is 2.03. The Hall–Kier alpha value is -0.920. The summed E-state index contributed by atoms with van der Waals surface area (Å²) in [6, 6.07) is 0. The van der Waals surface area contributed by atoms with E-state index in [-0.39, 0.29) is 0 Å². The topological polar surface area (TPSA) is 15.3 Å². The van der Waals surface area contributed by atoms with Crippen molar-refractivity contribution in [3.05, 3.63) is 24.6 Å². The van der Waals surface area contributed by atoms with Crippen molar-refractivity contribution in [2.45, 2.75) is 19.8 Å². The maximum absolute atomic E-state index is 3.12. The quantitative estimate of drug-likeness (QED) is 0.637. The third-order valence-corrected chi connectivity index (χ3v) is 1.47. The number of unbranched alkanes of at least 4 members (excludes halogenated alkanes) is 1. The highest BCUT2D eigenvalue weighted by Crippen LogP contribution is 1.95. The van der Waals surface area contributed by atoms with Crippen LogP contribution in [0.4, 0.5) is 0 Å². The van der Waals surface area contributed by atoms with Gasteiger partial charge in [-0.15, -0.1) is 0 Å². The van der Waals surface area contributed by atoms with Crippen molar-refractivity contribution < 1.29 is 0 Å². The zero-order chi connectivity index (χ0) is 7.23. The van der Waals surface area contributed by atoms with E-state index in [1.165, 1.54) is 12.8 Å². The van der Waals surface area contributed by atoms with Gasteiger partial charge in [0.2, 0.25) is 0 Å². The maximum atomic E-state index is 3.12. The lowest BCUT2D eigenvalue weighted by molar-refractivity contribution is 0.306. The predicted molar refractivity (Wildman–Crippen MR) is 43.0 cm³/mol. The van der Waals surface area contributed by atoms with Gasteiger partial charge in [-0.25, -0.2) is 0 Å². The molecule has 0 bridgehead atoms. The SMILES string of the molecule is CCCCN1C=CC=CN1. The molecule has 0 spiro atoms. The van der Waals surface area contributed by atoms with Crippen molar-refractivity contribution in [1.29, 1.82) is 0 Å². The molecule has 56 valence electrons. The Morgan fingerprint density at radius 1 is 1.40 bits per heavy atom. The van der Waals surface area contributed by atoms with Crippen molar-refractivity contribution >= 4 is 0 Å². The zero-order valence-electron chi connectivity index (χ0n) is 6.38. The van der Waals surface area contributed by atoms with E-state index < -0.39 is 0 Å². The zero-order valence-corrected chi connectivity index (χ0v) is 6.38. The molecule has 1 aliphatic heterocycles. The molecule has 0 saturated heterocycles. The van der Waals surface area contributed by atoms with Crippen molar-refractivity contribution in [3.63, 3.8) is 0 Å². The van der Waals surface area contributed by atoms with Crippen LogP contribution in [0.1, 0.15) is 19.8 Å². The van der Waals surface area contributed by atoms with Crippen LogP contribution >= 0.6 is 0 Å². The highest BCUT2D eigenvalue weighted by molar-refractivity contribution is 5.04. The van der Waals surface area contributed by atoms with Crippen LogP contribution in [0.25, 0.3) is 0 Å². The van der Waals surface area contributed by atoms with Crippen LogP contribution in [0.15, 0.2) is 24.6 Å². The van der Waals surface area contributed by atoms with Gasteiger partial charge in [0.1, 0.15) is 0 Å². The first-order valence-corrected chi connectivity index (χ1v) is 3.79. The Morgan fingerprint density at radius 3 is 2.90 bits per heavy atom. The fraction of sp³-hybridized carbons (Fsp3) is 0.500. The van der Waals surface area contributed by atoms with Crippen LogP contribution < -0.4 is 5.43 Å². The van der Waals surface area contributed by atoms with E-state index >= 15 is 0 Å². The van der Waals surface area contributed by atoms with E-state index in [0.717, 1.165) is 6.54 Å². The molecule has 0 aromatic carbocycles. The molecule has 1 heterocycles. The molecule has 10 heavy (non-hydrogen) atoms. The summed E-state index contributed by atoms with van der Waals surface area (Å²) >= 11 is 0. The number of nitrogens with zero attached hydrogens (tertiary/aromatic N) is 1. The second-order valence-electron chi connectivity index (χ2n) is 2.38. The monoisotopic (exact) mass is 138 g/mol. The third kappa shape index (κ3) is 2.13.